The molecule has 1 atom stereocenters. The summed E-state index contributed by atoms with van der Waals surface area (Å²) in [7, 11) is 0. The topological polar surface area (TPSA) is 12.0 Å². The maximum absolute atomic E-state index is 3.75. The van der Waals surface area contributed by atoms with Crippen molar-refractivity contribution in [2.75, 3.05) is 6.54 Å². The summed E-state index contributed by atoms with van der Waals surface area (Å²) < 4.78 is 0. The van der Waals surface area contributed by atoms with Crippen LogP contribution < -0.4 is 5.32 Å². The Morgan fingerprint density at radius 1 is 1.44 bits per heavy atom. The SMILES string of the molecule is CCCNC(CCCc1cccs1)CC1CCC1. The smallest absolute Gasteiger partial charge is 0.00698 e. The van der Waals surface area contributed by atoms with Crippen LogP contribution >= 0.6 is 11.3 Å². The van der Waals surface area contributed by atoms with Crippen LogP contribution in [0.1, 0.15) is 56.7 Å². The van der Waals surface area contributed by atoms with E-state index < -0.39 is 0 Å². The summed E-state index contributed by atoms with van der Waals surface area (Å²) in [5.41, 5.74) is 0. The summed E-state index contributed by atoms with van der Waals surface area (Å²) in [5, 5.41) is 5.94. The highest BCUT2D eigenvalue weighted by Crippen LogP contribution is 2.31. The summed E-state index contributed by atoms with van der Waals surface area (Å²) in [6, 6.07) is 5.21. The standard InChI is InChI=1S/C16H27NS/c1-2-11-17-15(13-14-6-3-7-14)8-4-9-16-10-5-12-18-16/h5,10,12,14-15,17H,2-4,6-9,11,13H2,1H3. The van der Waals surface area contributed by atoms with Crippen molar-refractivity contribution >= 4 is 11.3 Å². The van der Waals surface area contributed by atoms with Gasteiger partial charge in [-0.15, -0.1) is 11.3 Å². The first kappa shape index (κ1) is 14.1. The van der Waals surface area contributed by atoms with Crippen molar-refractivity contribution in [1.82, 2.24) is 5.32 Å². The van der Waals surface area contributed by atoms with E-state index in [0.29, 0.717) is 0 Å². The van der Waals surface area contributed by atoms with Gasteiger partial charge in [0.15, 0.2) is 0 Å². The lowest BCUT2D eigenvalue weighted by Gasteiger charge is -2.30. The zero-order valence-corrected chi connectivity index (χ0v) is 12.5. The van der Waals surface area contributed by atoms with E-state index in [1.54, 1.807) is 4.88 Å². The Labute approximate surface area is 116 Å². The lowest BCUT2D eigenvalue weighted by Crippen LogP contribution is -2.33. The van der Waals surface area contributed by atoms with Crippen LogP contribution in [0.5, 0.6) is 0 Å². The first-order chi connectivity index (χ1) is 8.88. The van der Waals surface area contributed by atoms with E-state index >= 15 is 0 Å². The highest BCUT2D eigenvalue weighted by Gasteiger charge is 2.21. The predicted molar refractivity (Wildman–Crippen MR) is 81.3 cm³/mol. The molecule has 0 radical (unpaired) electrons. The zero-order chi connectivity index (χ0) is 12.6. The van der Waals surface area contributed by atoms with Crippen LogP contribution in [0.2, 0.25) is 0 Å². The molecule has 2 heteroatoms. The third-order valence-corrected chi connectivity index (χ3v) is 5.02. The van der Waals surface area contributed by atoms with Gasteiger partial charge in [0.25, 0.3) is 0 Å². The molecule has 1 nitrogen and oxygen atoms in total. The van der Waals surface area contributed by atoms with Gasteiger partial charge in [-0.05, 0) is 56.0 Å². The number of hydrogen-bond donors (Lipinski definition) is 1. The molecular formula is C16H27NS. The number of thiophene rings is 1. The van der Waals surface area contributed by atoms with Gasteiger partial charge in [-0.3, -0.25) is 0 Å². The molecule has 1 heterocycles. The van der Waals surface area contributed by atoms with Crippen molar-refractivity contribution in [3.05, 3.63) is 22.4 Å². The van der Waals surface area contributed by atoms with Crippen LogP contribution in [-0.4, -0.2) is 12.6 Å². The Balaban J connectivity index is 1.66. The summed E-state index contributed by atoms with van der Waals surface area (Å²) in [4.78, 5) is 1.55. The van der Waals surface area contributed by atoms with Gasteiger partial charge in [-0.2, -0.15) is 0 Å². The Kier molecular flexibility index (Phi) is 6.22. The van der Waals surface area contributed by atoms with Crippen molar-refractivity contribution in [3.63, 3.8) is 0 Å². The minimum absolute atomic E-state index is 0.773. The van der Waals surface area contributed by atoms with Crippen LogP contribution in [0.3, 0.4) is 0 Å². The maximum Gasteiger partial charge on any atom is 0.00698 e. The molecule has 0 bridgehead atoms. The van der Waals surface area contributed by atoms with Crippen LogP contribution in [0.4, 0.5) is 0 Å². The van der Waals surface area contributed by atoms with E-state index in [4.69, 9.17) is 0 Å². The van der Waals surface area contributed by atoms with Crippen molar-refractivity contribution in [3.8, 4) is 0 Å². The number of hydrogen-bond acceptors (Lipinski definition) is 2. The van der Waals surface area contributed by atoms with Crippen LogP contribution in [0.25, 0.3) is 0 Å². The van der Waals surface area contributed by atoms with E-state index in [1.807, 2.05) is 11.3 Å². The minimum Gasteiger partial charge on any atom is -0.314 e. The summed E-state index contributed by atoms with van der Waals surface area (Å²) in [6.07, 6.45) is 11.1. The first-order valence-electron chi connectivity index (χ1n) is 7.64. The van der Waals surface area contributed by atoms with Crippen molar-refractivity contribution < 1.29 is 0 Å². The monoisotopic (exact) mass is 265 g/mol. The zero-order valence-electron chi connectivity index (χ0n) is 11.7. The predicted octanol–water partition coefficient (Wildman–Crippen LogP) is 4.63. The molecule has 1 aromatic heterocycles. The highest BCUT2D eigenvalue weighted by molar-refractivity contribution is 7.09. The quantitative estimate of drug-likeness (QED) is 0.686. The molecule has 1 aliphatic carbocycles. The molecule has 1 aromatic rings. The lowest BCUT2D eigenvalue weighted by molar-refractivity contribution is 0.252. The van der Waals surface area contributed by atoms with Gasteiger partial charge in [-0.1, -0.05) is 32.3 Å². The molecule has 0 spiro atoms. The third-order valence-electron chi connectivity index (χ3n) is 4.08. The molecular weight excluding hydrogens is 238 g/mol. The Bertz CT molecular complexity index is 303. The average molecular weight is 265 g/mol. The van der Waals surface area contributed by atoms with Gasteiger partial charge in [0.1, 0.15) is 0 Å². The van der Waals surface area contributed by atoms with Gasteiger partial charge in [0.2, 0.25) is 0 Å². The Morgan fingerprint density at radius 2 is 2.33 bits per heavy atom. The van der Waals surface area contributed by atoms with Gasteiger partial charge < -0.3 is 5.32 Å². The largest absolute Gasteiger partial charge is 0.314 e. The van der Waals surface area contributed by atoms with Gasteiger partial charge in [0, 0.05) is 10.9 Å². The first-order valence-corrected chi connectivity index (χ1v) is 8.52. The van der Waals surface area contributed by atoms with E-state index in [0.717, 1.165) is 12.0 Å². The number of aryl methyl sites for hydroxylation is 1. The van der Waals surface area contributed by atoms with Crippen molar-refractivity contribution in [1.29, 1.82) is 0 Å². The van der Waals surface area contributed by atoms with Crippen LogP contribution in [0.15, 0.2) is 17.5 Å². The fourth-order valence-electron chi connectivity index (χ4n) is 2.76. The summed E-state index contributed by atoms with van der Waals surface area (Å²) in [6.45, 7) is 3.45. The number of rotatable bonds is 9. The van der Waals surface area contributed by atoms with E-state index in [9.17, 15) is 0 Å². The molecule has 0 saturated heterocycles. The molecule has 0 aromatic carbocycles. The fraction of sp³-hybridized carbons (Fsp3) is 0.750. The molecule has 2 rings (SSSR count). The second-order valence-corrected chi connectivity index (χ2v) is 6.69. The van der Waals surface area contributed by atoms with Crippen LogP contribution in [-0.2, 0) is 6.42 Å². The molecule has 1 N–H and O–H groups in total. The summed E-state index contributed by atoms with van der Waals surface area (Å²) in [5.74, 6) is 1.03. The van der Waals surface area contributed by atoms with E-state index in [2.05, 4.69) is 29.8 Å². The fourth-order valence-corrected chi connectivity index (χ4v) is 3.51. The van der Waals surface area contributed by atoms with E-state index in [-0.39, 0.29) is 0 Å². The van der Waals surface area contributed by atoms with Crippen LogP contribution in [0, 0.1) is 5.92 Å². The average Bonchev–Trinajstić information content (AvgIpc) is 2.82. The molecule has 18 heavy (non-hydrogen) atoms. The minimum atomic E-state index is 0.773. The molecule has 1 unspecified atom stereocenters. The summed E-state index contributed by atoms with van der Waals surface area (Å²) >= 11 is 1.90. The second kappa shape index (κ2) is 7.96. The maximum atomic E-state index is 3.75. The van der Waals surface area contributed by atoms with E-state index in [1.165, 1.54) is 57.9 Å². The second-order valence-electron chi connectivity index (χ2n) is 5.66. The van der Waals surface area contributed by atoms with Crippen molar-refractivity contribution in [2.45, 2.75) is 64.3 Å². The van der Waals surface area contributed by atoms with Crippen molar-refractivity contribution in [2.24, 2.45) is 5.92 Å². The molecule has 0 aliphatic heterocycles. The Hall–Kier alpha value is -0.340. The third kappa shape index (κ3) is 4.74. The molecule has 0 amide bonds. The Morgan fingerprint density at radius 3 is 2.94 bits per heavy atom. The molecule has 1 fully saturated rings. The molecule has 102 valence electrons. The van der Waals surface area contributed by atoms with Gasteiger partial charge in [0.05, 0.1) is 0 Å². The number of nitrogens with one attached hydrogen (secondary N) is 1. The highest BCUT2D eigenvalue weighted by atomic mass is 32.1. The van der Waals surface area contributed by atoms with Gasteiger partial charge in [-0.25, -0.2) is 0 Å². The van der Waals surface area contributed by atoms with Gasteiger partial charge >= 0.3 is 0 Å². The molecule has 1 saturated carbocycles. The normalized spacial score (nSPS) is 17.6. The lowest BCUT2D eigenvalue weighted by atomic mass is 9.80. The molecule has 1 aliphatic rings.